The predicted octanol–water partition coefficient (Wildman–Crippen LogP) is 3.85. The van der Waals surface area contributed by atoms with Crippen LogP contribution in [0.3, 0.4) is 0 Å². The van der Waals surface area contributed by atoms with Crippen LogP contribution in [0.15, 0.2) is 11.8 Å². The highest BCUT2D eigenvalue weighted by Gasteiger charge is 2.23. The molecule has 0 aromatic heterocycles. The number of allylic oxidation sites excluding steroid dienone is 1. The van der Waals surface area contributed by atoms with Crippen LogP contribution in [-0.4, -0.2) is 24.5 Å². The minimum Gasteiger partial charge on any atom is -0.471 e. The Hall–Kier alpha value is -1.83. The van der Waals surface area contributed by atoms with Crippen molar-refractivity contribution >= 4 is 11.9 Å². The maximum absolute atomic E-state index is 12.0. The lowest BCUT2D eigenvalue weighted by atomic mass is 9.85. The van der Waals surface area contributed by atoms with Crippen molar-refractivity contribution in [2.75, 3.05) is 6.61 Å². The maximum atomic E-state index is 12.0. The normalized spacial score (nSPS) is 21.7. The van der Waals surface area contributed by atoms with Gasteiger partial charge in [0, 0.05) is 12.5 Å². The minimum atomic E-state index is -0.537. The first-order valence-electron chi connectivity index (χ1n) is 8.81. The van der Waals surface area contributed by atoms with E-state index in [1.807, 2.05) is 0 Å². The van der Waals surface area contributed by atoms with Gasteiger partial charge in [0.2, 0.25) is 5.91 Å². The summed E-state index contributed by atoms with van der Waals surface area (Å²) >= 11 is 0. The number of amides is 1. The van der Waals surface area contributed by atoms with Gasteiger partial charge in [-0.3, -0.25) is 9.59 Å². The van der Waals surface area contributed by atoms with Crippen molar-refractivity contribution in [3.05, 3.63) is 23.2 Å². The molecule has 1 aliphatic rings. The molecule has 1 rings (SSSR count). The van der Waals surface area contributed by atoms with Crippen LogP contribution in [0.5, 0.6) is 0 Å². The van der Waals surface area contributed by atoms with Gasteiger partial charge in [0.05, 0.1) is 13.2 Å². The van der Waals surface area contributed by atoms with E-state index < -0.39 is 5.97 Å². The Bertz CT molecular complexity index is 504. The van der Waals surface area contributed by atoms with Crippen LogP contribution in [0.1, 0.15) is 66.2 Å². The molecule has 0 unspecified atom stereocenters. The lowest BCUT2D eigenvalue weighted by Crippen LogP contribution is -2.37. The van der Waals surface area contributed by atoms with E-state index in [4.69, 9.17) is 11.3 Å². The minimum absolute atomic E-state index is 0.0783. The highest BCUT2D eigenvalue weighted by molar-refractivity contribution is 5.90. The van der Waals surface area contributed by atoms with Crippen LogP contribution >= 0.6 is 0 Å². The maximum Gasteiger partial charge on any atom is 0.335 e. The lowest BCUT2D eigenvalue weighted by molar-refractivity contribution is -0.138. The first-order chi connectivity index (χ1) is 11.2. The van der Waals surface area contributed by atoms with Crippen LogP contribution in [-0.2, 0) is 14.3 Å². The van der Waals surface area contributed by atoms with E-state index in [-0.39, 0.29) is 35.6 Å². The summed E-state index contributed by atoms with van der Waals surface area (Å²) in [5.41, 5.74) is 0.248. The van der Waals surface area contributed by atoms with Crippen molar-refractivity contribution in [3.63, 3.8) is 0 Å². The third-order valence-corrected chi connectivity index (χ3v) is 4.24. The zero-order valence-corrected chi connectivity index (χ0v) is 15.4. The molecular formula is C19H30N2O3. The molecule has 5 nitrogen and oxygen atoms in total. The van der Waals surface area contributed by atoms with Crippen molar-refractivity contribution in [2.45, 2.75) is 72.3 Å². The fourth-order valence-corrected chi connectivity index (χ4v) is 2.80. The van der Waals surface area contributed by atoms with Gasteiger partial charge in [0.15, 0.2) is 0 Å². The summed E-state index contributed by atoms with van der Waals surface area (Å²) in [5.74, 6) is -0.205. The highest BCUT2D eigenvalue weighted by atomic mass is 16.5. The van der Waals surface area contributed by atoms with Crippen molar-refractivity contribution in [1.29, 1.82) is 0 Å². The monoisotopic (exact) mass is 334 g/mol. The molecule has 1 amide bonds. The molecule has 1 fully saturated rings. The molecule has 1 aliphatic carbocycles. The lowest BCUT2D eigenvalue weighted by Gasteiger charge is -2.28. The molecule has 0 spiro atoms. The van der Waals surface area contributed by atoms with Crippen molar-refractivity contribution in [3.8, 4) is 0 Å². The standard InChI is InChI=1S/C19H30N2O3/c1-6-24-18(23)16(20-5)13-14-7-9-15(10-8-14)21-17(22)11-12-19(2,3)4/h13-15H,6-12H2,1-4H3,(H,21,22)/b16-13-. The van der Waals surface area contributed by atoms with Gasteiger partial charge in [0.1, 0.15) is 0 Å². The summed E-state index contributed by atoms with van der Waals surface area (Å²) in [6.45, 7) is 15.5. The van der Waals surface area contributed by atoms with E-state index in [1.54, 1.807) is 13.0 Å². The first kappa shape index (κ1) is 20.2. The molecule has 1 N–H and O–H groups in total. The first-order valence-corrected chi connectivity index (χ1v) is 8.81. The highest BCUT2D eigenvalue weighted by Crippen LogP contribution is 2.27. The zero-order chi connectivity index (χ0) is 18.2. The molecule has 0 aromatic rings. The van der Waals surface area contributed by atoms with Crippen molar-refractivity contribution in [1.82, 2.24) is 5.32 Å². The number of carbonyl (C=O) groups is 2. The number of hydrogen-bond acceptors (Lipinski definition) is 3. The molecule has 5 heteroatoms. The molecule has 134 valence electrons. The third-order valence-electron chi connectivity index (χ3n) is 4.24. The van der Waals surface area contributed by atoms with Gasteiger partial charge >= 0.3 is 5.97 Å². The Morgan fingerprint density at radius 3 is 2.38 bits per heavy atom. The van der Waals surface area contributed by atoms with Gasteiger partial charge in [0.25, 0.3) is 5.70 Å². The molecule has 1 saturated carbocycles. The number of esters is 1. The molecule has 24 heavy (non-hydrogen) atoms. The van der Waals surface area contributed by atoms with Gasteiger partial charge in [-0.05, 0) is 50.4 Å². The van der Waals surface area contributed by atoms with Gasteiger partial charge in [-0.25, -0.2) is 4.85 Å². The Balaban J connectivity index is 2.42. The van der Waals surface area contributed by atoms with Crippen LogP contribution < -0.4 is 5.32 Å². The molecule has 0 heterocycles. The average Bonchev–Trinajstić information content (AvgIpc) is 2.51. The topological polar surface area (TPSA) is 59.8 Å². The van der Waals surface area contributed by atoms with E-state index in [0.717, 1.165) is 32.1 Å². The van der Waals surface area contributed by atoms with Gasteiger partial charge < -0.3 is 10.1 Å². The van der Waals surface area contributed by atoms with Crippen LogP contribution in [0, 0.1) is 17.9 Å². The van der Waals surface area contributed by atoms with E-state index >= 15 is 0 Å². The summed E-state index contributed by atoms with van der Waals surface area (Å²) in [6.07, 6.45) is 6.71. The Morgan fingerprint density at radius 1 is 1.25 bits per heavy atom. The van der Waals surface area contributed by atoms with Crippen LogP contribution in [0.25, 0.3) is 4.85 Å². The van der Waals surface area contributed by atoms with E-state index in [0.29, 0.717) is 6.42 Å². The number of carbonyl (C=O) groups excluding carboxylic acids is 2. The second kappa shape index (κ2) is 9.46. The summed E-state index contributed by atoms with van der Waals surface area (Å²) in [6, 6.07) is 0.209. The van der Waals surface area contributed by atoms with E-state index in [1.165, 1.54) is 0 Å². The van der Waals surface area contributed by atoms with Crippen molar-refractivity contribution < 1.29 is 14.3 Å². The number of rotatable bonds is 6. The smallest absolute Gasteiger partial charge is 0.335 e. The zero-order valence-electron chi connectivity index (χ0n) is 15.4. The summed E-state index contributed by atoms with van der Waals surface area (Å²) < 4.78 is 4.89. The molecule has 0 radical (unpaired) electrons. The number of nitrogens with zero attached hydrogens (tertiary/aromatic N) is 1. The Morgan fingerprint density at radius 2 is 1.88 bits per heavy atom. The molecule has 0 aromatic carbocycles. The quantitative estimate of drug-likeness (QED) is 0.456. The number of nitrogens with one attached hydrogen (secondary N) is 1. The number of ether oxygens (including phenoxy) is 1. The third kappa shape index (κ3) is 7.63. The van der Waals surface area contributed by atoms with Gasteiger partial charge in [-0.2, -0.15) is 0 Å². The van der Waals surface area contributed by atoms with Gasteiger partial charge in [-0.15, -0.1) is 0 Å². The fourth-order valence-electron chi connectivity index (χ4n) is 2.80. The number of hydrogen-bond donors (Lipinski definition) is 1. The van der Waals surface area contributed by atoms with Crippen LogP contribution in [0.4, 0.5) is 0 Å². The molecule has 0 atom stereocenters. The van der Waals surface area contributed by atoms with E-state index in [9.17, 15) is 9.59 Å². The van der Waals surface area contributed by atoms with Gasteiger partial charge in [-0.1, -0.05) is 26.8 Å². The molecular weight excluding hydrogens is 304 g/mol. The predicted molar refractivity (Wildman–Crippen MR) is 93.9 cm³/mol. The van der Waals surface area contributed by atoms with Crippen LogP contribution in [0.2, 0.25) is 0 Å². The summed E-state index contributed by atoms with van der Waals surface area (Å²) in [4.78, 5) is 26.9. The summed E-state index contributed by atoms with van der Waals surface area (Å²) in [7, 11) is 0. The fraction of sp³-hybridized carbons (Fsp3) is 0.737. The summed E-state index contributed by atoms with van der Waals surface area (Å²) in [5, 5.41) is 3.11. The largest absolute Gasteiger partial charge is 0.471 e. The van der Waals surface area contributed by atoms with E-state index in [2.05, 4.69) is 30.9 Å². The Labute approximate surface area is 145 Å². The second-order valence-electron chi connectivity index (χ2n) is 7.62. The van der Waals surface area contributed by atoms with Crippen molar-refractivity contribution in [2.24, 2.45) is 11.3 Å². The SMILES string of the molecule is [C-]#[N+]/C(=C\C1CCC(NC(=O)CCC(C)(C)C)CC1)C(=O)OCC. The average molecular weight is 334 g/mol. The Kier molecular flexibility index (Phi) is 7.97. The molecule has 0 bridgehead atoms. The molecule has 0 aliphatic heterocycles. The second-order valence-corrected chi connectivity index (χ2v) is 7.62. The molecule has 0 saturated heterocycles.